The van der Waals surface area contributed by atoms with Crippen LogP contribution in [0.15, 0.2) is 48.9 Å². The van der Waals surface area contributed by atoms with Crippen molar-refractivity contribution in [1.82, 2.24) is 34.0 Å². The fourth-order valence-electron chi connectivity index (χ4n) is 7.71. The number of carbonyl (C=O) groups excluding carboxylic acids is 2. The summed E-state index contributed by atoms with van der Waals surface area (Å²) in [7, 11) is 2.18. The summed E-state index contributed by atoms with van der Waals surface area (Å²) >= 11 is 0. The largest absolute Gasteiger partial charge is 0.348 e. The minimum atomic E-state index is -0.130. The number of pyridine rings is 1. The molecule has 1 N–H and O–H groups in total. The highest BCUT2D eigenvalue weighted by molar-refractivity contribution is 6.31. The molecular weight excluding hydrogens is 540 g/mol. The van der Waals surface area contributed by atoms with Gasteiger partial charge in [-0.2, -0.15) is 5.26 Å². The van der Waals surface area contributed by atoms with Crippen molar-refractivity contribution in [2.24, 2.45) is 5.41 Å². The smallest absolute Gasteiger partial charge is 0.320 e. The molecular formula is C33H34N8O2. The molecule has 1 aromatic carbocycles. The standard InChI is InChI=1S/C33H34N8O2/c1-37-9-5-33(6-10-37)7-11-40(21-33)32(43)39-13-12-38-20-26(24-15-22(16-34)14-23(19-39)30(24)38)25-17-36-31(42)29(25)27-18-35-28-4-2-3-8-41(27)28/h2-4,8,14-15,18,20H,5-7,9-13,17,19,21H2,1H3,(H,36,42). The maximum absolute atomic E-state index is 13.9. The van der Waals surface area contributed by atoms with E-state index in [4.69, 9.17) is 0 Å². The van der Waals surface area contributed by atoms with Crippen molar-refractivity contribution in [3.8, 4) is 6.07 Å². The molecule has 2 fully saturated rings. The van der Waals surface area contributed by atoms with Crippen molar-refractivity contribution in [1.29, 1.82) is 5.26 Å². The van der Waals surface area contributed by atoms with E-state index in [0.29, 0.717) is 37.3 Å². The lowest BCUT2D eigenvalue weighted by Gasteiger charge is -2.38. The number of nitrogens with one attached hydrogen (secondary N) is 1. The number of piperidine rings is 1. The molecule has 7 heterocycles. The average Bonchev–Trinajstić information content (AvgIpc) is 3.78. The molecule has 4 aromatic rings. The van der Waals surface area contributed by atoms with Crippen LogP contribution in [0.1, 0.15) is 41.6 Å². The molecule has 1 spiro atoms. The topological polar surface area (TPSA) is 102 Å². The third kappa shape index (κ3) is 4.13. The van der Waals surface area contributed by atoms with Gasteiger partial charge >= 0.3 is 6.03 Å². The minimum absolute atomic E-state index is 0.0977. The number of nitrogens with zero attached hydrogens (tertiary/aromatic N) is 7. The first-order chi connectivity index (χ1) is 20.9. The van der Waals surface area contributed by atoms with E-state index in [-0.39, 0.29) is 17.4 Å². The van der Waals surface area contributed by atoms with E-state index in [1.807, 2.05) is 45.8 Å². The number of imidazole rings is 1. The van der Waals surface area contributed by atoms with Crippen LogP contribution in [0.25, 0.3) is 27.7 Å². The Kier molecular flexibility index (Phi) is 5.88. The Labute approximate surface area is 249 Å². The van der Waals surface area contributed by atoms with Crippen LogP contribution in [-0.4, -0.2) is 86.9 Å². The van der Waals surface area contributed by atoms with Crippen LogP contribution < -0.4 is 5.32 Å². The molecule has 0 bridgehead atoms. The SMILES string of the molecule is CN1CCC2(CC1)CCN(C(=O)N1CCn3cc(C4=C(c5cnc6ccccn56)C(=O)NC4)c4cc(C#N)cc(c43)C1)C2. The maximum atomic E-state index is 13.9. The molecule has 218 valence electrons. The van der Waals surface area contributed by atoms with Crippen LogP contribution in [0.2, 0.25) is 0 Å². The molecule has 4 aliphatic rings. The molecule has 43 heavy (non-hydrogen) atoms. The van der Waals surface area contributed by atoms with Gasteiger partial charge in [0.15, 0.2) is 0 Å². The van der Waals surface area contributed by atoms with Gasteiger partial charge in [0.2, 0.25) is 0 Å². The van der Waals surface area contributed by atoms with Gasteiger partial charge < -0.3 is 24.6 Å². The second-order valence-corrected chi connectivity index (χ2v) is 12.7. The van der Waals surface area contributed by atoms with Gasteiger partial charge in [-0.25, -0.2) is 9.78 Å². The number of hydrogen-bond donors (Lipinski definition) is 1. The Morgan fingerprint density at radius 3 is 2.74 bits per heavy atom. The van der Waals surface area contributed by atoms with E-state index >= 15 is 0 Å². The van der Waals surface area contributed by atoms with Crippen molar-refractivity contribution < 1.29 is 9.59 Å². The molecule has 8 rings (SSSR count). The number of carbonyl (C=O) groups is 2. The lowest BCUT2D eigenvalue weighted by molar-refractivity contribution is -0.114. The van der Waals surface area contributed by atoms with E-state index < -0.39 is 0 Å². The predicted octanol–water partition coefficient (Wildman–Crippen LogP) is 3.55. The average molecular weight is 575 g/mol. The lowest BCUT2D eigenvalue weighted by Crippen LogP contribution is -2.45. The number of aromatic nitrogens is 3. The van der Waals surface area contributed by atoms with E-state index in [2.05, 4.69) is 44.0 Å². The quantitative estimate of drug-likeness (QED) is 0.395. The van der Waals surface area contributed by atoms with Crippen LogP contribution in [0.5, 0.6) is 0 Å². The Hall–Kier alpha value is -4.62. The Morgan fingerprint density at radius 2 is 1.91 bits per heavy atom. The highest BCUT2D eigenvalue weighted by Gasteiger charge is 2.42. The van der Waals surface area contributed by atoms with Gasteiger partial charge in [-0.1, -0.05) is 6.07 Å². The number of likely N-dealkylation sites (tertiary alicyclic amines) is 2. The van der Waals surface area contributed by atoms with Crippen molar-refractivity contribution in [2.45, 2.75) is 32.4 Å². The van der Waals surface area contributed by atoms with E-state index in [0.717, 1.165) is 84.4 Å². The highest BCUT2D eigenvalue weighted by atomic mass is 16.2. The first kappa shape index (κ1) is 26.0. The first-order valence-corrected chi connectivity index (χ1v) is 15.2. The number of nitriles is 1. The molecule has 0 radical (unpaired) electrons. The molecule has 10 nitrogen and oxygen atoms in total. The summed E-state index contributed by atoms with van der Waals surface area (Å²) in [5, 5.41) is 14.0. The van der Waals surface area contributed by atoms with Gasteiger partial charge in [0.1, 0.15) is 5.65 Å². The molecule has 0 saturated carbocycles. The fourth-order valence-corrected chi connectivity index (χ4v) is 7.71. The Morgan fingerprint density at radius 1 is 1.07 bits per heavy atom. The van der Waals surface area contributed by atoms with Crippen LogP contribution in [0.3, 0.4) is 0 Å². The molecule has 3 amide bonds. The van der Waals surface area contributed by atoms with Gasteiger partial charge in [-0.15, -0.1) is 0 Å². The lowest BCUT2D eigenvalue weighted by atomic mass is 9.78. The van der Waals surface area contributed by atoms with E-state index in [1.54, 1.807) is 6.20 Å². The normalized spacial score (nSPS) is 20.3. The predicted molar refractivity (Wildman–Crippen MR) is 163 cm³/mol. The van der Waals surface area contributed by atoms with Crippen LogP contribution in [0.4, 0.5) is 4.79 Å². The summed E-state index contributed by atoms with van der Waals surface area (Å²) in [6.45, 7) is 5.92. The number of fused-ring (bicyclic) bond motifs is 1. The fraction of sp³-hybridized carbons (Fsp3) is 0.394. The molecule has 2 saturated heterocycles. The number of hydrogen-bond acceptors (Lipinski definition) is 5. The highest BCUT2D eigenvalue weighted by Crippen LogP contribution is 2.41. The summed E-state index contributed by atoms with van der Waals surface area (Å²) in [5.41, 5.74) is 6.76. The number of benzene rings is 1. The Balaban J connectivity index is 1.16. The zero-order chi connectivity index (χ0) is 29.3. The van der Waals surface area contributed by atoms with Gasteiger partial charge in [0.25, 0.3) is 5.91 Å². The van der Waals surface area contributed by atoms with E-state index in [9.17, 15) is 14.9 Å². The van der Waals surface area contributed by atoms with E-state index in [1.165, 1.54) is 0 Å². The molecule has 0 atom stereocenters. The summed E-state index contributed by atoms with van der Waals surface area (Å²) in [6, 6.07) is 12.1. The molecule has 0 aliphatic carbocycles. The molecule has 4 aliphatic heterocycles. The molecule has 3 aromatic heterocycles. The third-order valence-electron chi connectivity index (χ3n) is 10.1. The number of amides is 3. The number of urea groups is 1. The Bertz CT molecular complexity index is 1880. The van der Waals surface area contributed by atoms with Crippen LogP contribution in [-0.2, 0) is 17.9 Å². The summed E-state index contributed by atoms with van der Waals surface area (Å²) in [4.78, 5) is 38.0. The van der Waals surface area contributed by atoms with Crippen molar-refractivity contribution in [2.75, 3.05) is 46.3 Å². The zero-order valence-electron chi connectivity index (χ0n) is 24.3. The van der Waals surface area contributed by atoms with Gasteiger partial charge in [-0.05, 0) is 80.2 Å². The summed E-state index contributed by atoms with van der Waals surface area (Å²) in [5.74, 6) is -0.130. The summed E-state index contributed by atoms with van der Waals surface area (Å²) in [6.07, 6.45) is 9.15. The second-order valence-electron chi connectivity index (χ2n) is 12.7. The summed E-state index contributed by atoms with van der Waals surface area (Å²) < 4.78 is 4.14. The van der Waals surface area contributed by atoms with Crippen LogP contribution >= 0.6 is 0 Å². The van der Waals surface area contributed by atoms with Gasteiger partial charge in [0, 0.05) is 62.6 Å². The van der Waals surface area contributed by atoms with Crippen molar-refractivity contribution >= 4 is 39.6 Å². The van der Waals surface area contributed by atoms with Crippen molar-refractivity contribution in [3.63, 3.8) is 0 Å². The monoisotopic (exact) mass is 574 g/mol. The first-order valence-electron chi connectivity index (χ1n) is 15.2. The number of rotatable bonds is 2. The second kappa shape index (κ2) is 9.71. The third-order valence-corrected chi connectivity index (χ3v) is 10.1. The van der Waals surface area contributed by atoms with Gasteiger partial charge in [0.05, 0.1) is 34.6 Å². The molecule has 0 unspecified atom stereocenters. The van der Waals surface area contributed by atoms with Crippen molar-refractivity contribution in [3.05, 3.63) is 71.3 Å². The maximum Gasteiger partial charge on any atom is 0.320 e. The zero-order valence-corrected chi connectivity index (χ0v) is 24.3. The van der Waals surface area contributed by atoms with Crippen LogP contribution in [0, 0.1) is 16.7 Å². The molecule has 10 heteroatoms. The minimum Gasteiger partial charge on any atom is -0.348 e. The van der Waals surface area contributed by atoms with Gasteiger partial charge in [-0.3, -0.25) is 9.20 Å².